The Labute approximate surface area is 225 Å². The number of carbonyl (C=O) groups excluding carboxylic acids is 2. The number of allylic oxidation sites excluding steroid dienone is 1. The number of aliphatic imine (C=N–C) groups is 1. The predicted octanol–water partition coefficient (Wildman–Crippen LogP) is 6.00. The molecule has 1 N–H and O–H groups in total. The van der Waals surface area contributed by atoms with Gasteiger partial charge < -0.3 is 14.8 Å². The van der Waals surface area contributed by atoms with Crippen LogP contribution in [0.1, 0.15) is 44.7 Å². The second-order valence-electron chi connectivity index (χ2n) is 8.62. The minimum Gasteiger partial charge on any atom is -0.465 e. The van der Waals surface area contributed by atoms with E-state index in [1.807, 2.05) is 41.8 Å². The standard InChI is InChI=1S/C29H28N4O4S/c1-5-36-27(34)24-17(3)31-18(4)25(28(35)37-6-2)26(24)21-9-7-8-10-22(21)32-29-33-23(16-38-29)20-13-11-19(15-30)12-14-20/h7-14,16,24,26H,5-6H2,1-4H3,(H,32,33). The van der Waals surface area contributed by atoms with Gasteiger partial charge in [-0.1, -0.05) is 30.3 Å². The first-order chi connectivity index (χ1) is 18.4. The third-order valence-electron chi connectivity index (χ3n) is 6.22. The number of para-hydroxylation sites is 1. The zero-order valence-corrected chi connectivity index (χ0v) is 22.5. The highest BCUT2D eigenvalue weighted by Gasteiger charge is 2.43. The number of thiazole rings is 1. The summed E-state index contributed by atoms with van der Waals surface area (Å²) in [5.41, 5.74) is 5.11. The maximum atomic E-state index is 13.2. The summed E-state index contributed by atoms with van der Waals surface area (Å²) >= 11 is 1.43. The molecule has 0 radical (unpaired) electrons. The van der Waals surface area contributed by atoms with Gasteiger partial charge in [-0.05, 0) is 51.5 Å². The van der Waals surface area contributed by atoms with E-state index in [-0.39, 0.29) is 13.2 Å². The van der Waals surface area contributed by atoms with Gasteiger partial charge in [0, 0.05) is 34.0 Å². The molecular weight excluding hydrogens is 500 g/mol. The molecule has 0 saturated heterocycles. The van der Waals surface area contributed by atoms with Crippen LogP contribution in [0.15, 0.2) is 70.2 Å². The quantitative estimate of drug-likeness (QED) is 0.357. The van der Waals surface area contributed by atoms with Gasteiger partial charge in [-0.25, -0.2) is 9.78 Å². The summed E-state index contributed by atoms with van der Waals surface area (Å²) in [6.07, 6.45) is 0. The minimum atomic E-state index is -0.786. The predicted molar refractivity (Wildman–Crippen MR) is 147 cm³/mol. The molecule has 3 aromatic rings. The van der Waals surface area contributed by atoms with Gasteiger partial charge in [-0.3, -0.25) is 9.79 Å². The average molecular weight is 529 g/mol. The van der Waals surface area contributed by atoms with E-state index in [1.54, 1.807) is 39.8 Å². The third-order valence-corrected chi connectivity index (χ3v) is 6.97. The van der Waals surface area contributed by atoms with Crippen LogP contribution in [0.4, 0.5) is 10.8 Å². The molecule has 1 aromatic heterocycles. The number of hydrogen-bond donors (Lipinski definition) is 1. The summed E-state index contributed by atoms with van der Waals surface area (Å²) in [4.78, 5) is 35.6. The van der Waals surface area contributed by atoms with Crippen LogP contribution in [0.25, 0.3) is 11.3 Å². The van der Waals surface area contributed by atoms with Crippen LogP contribution in [-0.2, 0) is 19.1 Å². The normalized spacial score (nSPS) is 16.9. The van der Waals surface area contributed by atoms with Gasteiger partial charge in [-0.2, -0.15) is 5.26 Å². The number of nitriles is 1. The maximum Gasteiger partial charge on any atom is 0.336 e. The lowest BCUT2D eigenvalue weighted by atomic mass is 9.75. The van der Waals surface area contributed by atoms with E-state index < -0.39 is 23.8 Å². The van der Waals surface area contributed by atoms with Crippen LogP contribution >= 0.6 is 11.3 Å². The lowest BCUT2D eigenvalue weighted by Gasteiger charge is -2.32. The Morgan fingerprint density at radius 1 is 1.05 bits per heavy atom. The first-order valence-electron chi connectivity index (χ1n) is 12.3. The van der Waals surface area contributed by atoms with Crippen molar-refractivity contribution >= 4 is 39.8 Å². The number of esters is 2. The Morgan fingerprint density at radius 3 is 2.45 bits per heavy atom. The summed E-state index contributed by atoms with van der Waals surface area (Å²) in [6.45, 7) is 7.44. The van der Waals surface area contributed by atoms with Crippen molar-refractivity contribution in [2.75, 3.05) is 18.5 Å². The molecule has 194 valence electrons. The van der Waals surface area contributed by atoms with E-state index in [4.69, 9.17) is 19.7 Å². The molecule has 0 fully saturated rings. The number of hydrogen-bond acceptors (Lipinski definition) is 9. The third kappa shape index (κ3) is 5.50. The molecule has 2 aromatic carbocycles. The molecule has 2 atom stereocenters. The molecule has 2 heterocycles. The molecule has 0 bridgehead atoms. The number of rotatable bonds is 8. The second-order valence-corrected chi connectivity index (χ2v) is 9.48. The van der Waals surface area contributed by atoms with Gasteiger partial charge >= 0.3 is 11.9 Å². The average Bonchev–Trinajstić information content (AvgIpc) is 3.37. The molecule has 1 aliphatic rings. The Balaban J connectivity index is 1.75. The van der Waals surface area contributed by atoms with Crippen LogP contribution in [0, 0.1) is 17.2 Å². The van der Waals surface area contributed by atoms with Crippen molar-refractivity contribution in [3.63, 3.8) is 0 Å². The molecule has 38 heavy (non-hydrogen) atoms. The topological polar surface area (TPSA) is 114 Å². The van der Waals surface area contributed by atoms with E-state index in [0.717, 1.165) is 16.8 Å². The van der Waals surface area contributed by atoms with E-state index in [9.17, 15) is 9.59 Å². The zero-order chi connectivity index (χ0) is 27.2. The molecule has 9 heteroatoms. The highest BCUT2D eigenvalue weighted by molar-refractivity contribution is 7.14. The summed E-state index contributed by atoms with van der Waals surface area (Å²) in [5, 5.41) is 15.0. The number of nitrogens with one attached hydrogen (secondary N) is 1. The van der Waals surface area contributed by atoms with Gasteiger partial charge in [0.25, 0.3) is 0 Å². The van der Waals surface area contributed by atoms with E-state index in [1.165, 1.54) is 11.3 Å². The van der Waals surface area contributed by atoms with Crippen molar-refractivity contribution in [1.29, 1.82) is 5.26 Å². The number of anilines is 2. The number of benzene rings is 2. The number of aromatic nitrogens is 1. The smallest absolute Gasteiger partial charge is 0.336 e. The van der Waals surface area contributed by atoms with Gasteiger partial charge in [0.2, 0.25) is 0 Å². The molecule has 0 saturated carbocycles. The number of carbonyl (C=O) groups is 2. The Kier molecular flexibility index (Phi) is 8.34. The molecule has 2 unspecified atom stereocenters. The van der Waals surface area contributed by atoms with Crippen molar-refractivity contribution in [1.82, 2.24) is 4.98 Å². The molecule has 8 nitrogen and oxygen atoms in total. The fourth-order valence-corrected chi connectivity index (χ4v) is 5.29. The largest absolute Gasteiger partial charge is 0.465 e. The fraction of sp³-hybridized carbons (Fsp3) is 0.276. The fourth-order valence-electron chi connectivity index (χ4n) is 4.56. The molecule has 0 amide bonds. The Morgan fingerprint density at radius 2 is 1.76 bits per heavy atom. The van der Waals surface area contributed by atoms with E-state index in [2.05, 4.69) is 16.4 Å². The van der Waals surface area contributed by atoms with E-state index >= 15 is 0 Å². The molecule has 0 aliphatic carbocycles. The van der Waals surface area contributed by atoms with Crippen LogP contribution in [0.2, 0.25) is 0 Å². The second kappa shape index (κ2) is 11.8. The first kappa shape index (κ1) is 26.8. The van der Waals surface area contributed by atoms with Crippen molar-refractivity contribution < 1.29 is 19.1 Å². The van der Waals surface area contributed by atoms with Crippen LogP contribution in [0.5, 0.6) is 0 Å². The number of nitrogens with zero attached hydrogens (tertiary/aromatic N) is 3. The Bertz CT molecular complexity index is 1450. The van der Waals surface area contributed by atoms with E-state index in [0.29, 0.717) is 33.4 Å². The van der Waals surface area contributed by atoms with Gasteiger partial charge in [0.15, 0.2) is 5.13 Å². The van der Waals surface area contributed by atoms with Crippen LogP contribution < -0.4 is 5.32 Å². The van der Waals surface area contributed by atoms with Gasteiger partial charge in [0.05, 0.1) is 36.1 Å². The Hall–Kier alpha value is -4.29. The lowest BCUT2D eigenvalue weighted by molar-refractivity contribution is -0.146. The molecular formula is C29H28N4O4S. The molecule has 4 rings (SSSR count). The van der Waals surface area contributed by atoms with Crippen molar-refractivity contribution in [2.24, 2.45) is 10.9 Å². The molecule has 1 aliphatic heterocycles. The first-order valence-corrected chi connectivity index (χ1v) is 13.2. The number of ether oxygens (including phenoxy) is 2. The summed E-state index contributed by atoms with van der Waals surface area (Å²) < 4.78 is 10.8. The highest BCUT2D eigenvalue weighted by atomic mass is 32.1. The van der Waals surface area contributed by atoms with Crippen molar-refractivity contribution in [3.05, 3.63) is 76.3 Å². The van der Waals surface area contributed by atoms with Gasteiger partial charge in [-0.15, -0.1) is 11.3 Å². The van der Waals surface area contributed by atoms with Gasteiger partial charge in [0.1, 0.15) is 5.92 Å². The maximum absolute atomic E-state index is 13.2. The summed E-state index contributed by atoms with van der Waals surface area (Å²) in [5.74, 6) is -2.40. The van der Waals surface area contributed by atoms with Crippen molar-refractivity contribution in [2.45, 2.75) is 33.6 Å². The lowest BCUT2D eigenvalue weighted by Crippen LogP contribution is -2.36. The highest BCUT2D eigenvalue weighted by Crippen LogP contribution is 2.43. The summed E-state index contributed by atoms with van der Waals surface area (Å²) in [7, 11) is 0. The molecule has 0 spiro atoms. The van der Waals surface area contributed by atoms with Crippen molar-refractivity contribution in [3.8, 4) is 17.3 Å². The summed E-state index contributed by atoms with van der Waals surface area (Å²) in [6, 6.07) is 16.9. The van der Waals surface area contributed by atoms with Crippen LogP contribution in [-0.4, -0.2) is 35.8 Å². The minimum absolute atomic E-state index is 0.201. The zero-order valence-electron chi connectivity index (χ0n) is 21.6. The SMILES string of the molecule is CCOC(=O)C1=C(C)N=C(C)C(C(=O)OCC)C1c1ccccc1Nc1nc(-c2ccc(C#N)cc2)cs1. The van der Waals surface area contributed by atoms with Crippen LogP contribution in [0.3, 0.4) is 0 Å². The monoisotopic (exact) mass is 528 g/mol.